The third-order valence-electron chi connectivity index (χ3n) is 3.87. The predicted octanol–water partition coefficient (Wildman–Crippen LogP) is 2.90. The predicted molar refractivity (Wildman–Crippen MR) is 81.1 cm³/mol. The Morgan fingerprint density at radius 2 is 2.14 bits per heavy atom. The van der Waals surface area contributed by atoms with E-state index in [9.17, 15) is 9.18 Å². The summed E-state index contributed by atoms with van der Waals surface area (Å²) in [7, 11) is 1.32. The van der Waals surface area contributed by atoms with Gasteiger partial charge in [0, 0.05) is 19.1 Å². The third kappa shape index (κ3) is 4.17. The van der Waals surface area contributed by atoms with Gasteiger partial charge in [-0.1, -0.05) is 6.92 Å². The van der Waals surface area contributed by atoms with E-state index in [4.69, 9.17) is 0 Å². The average molecular weight is 294 g/mol. The number of benzene rings is 1. The Morgan fingerprint density at radius 3 is 2.76 bits per heavy atom. The Kier molecular flexibility index (Phi) is 5.56. The van der Waals surface area contributed by atoms with E-state index in [0.29, 0.717) is 11.3 Å². The van der Waals surface area contributed by atoms with Crippen LogP contribution >= 0.6 is 0 Å². The standard InChI is InChI=1S/C16H23FN2O2/c1-3-8-19-9-6-13(7-10-19)18-15-11-12(16(20)21-2)4-5-14(15)17/h4-5,11,13,18H,3,6-10H2,1-2H3. The number of nitrogens with zero attached hydrogens (tertiary/aromatic N) is 1. The molecule has 4 nitrogen and oxygen atoms in total. The van der Waals surface area contributed by atoms with Crippen molar-refractivity contribution in [2.24, 2.45) is 0 Å². The number of halogens is 1. The van der Waals surface area contributed by atoms with E-state index in [1.165, 1.54) is 25.3 Å². The topological polar surface area (TPSA) is 41.6 Å². The van der Waals surface area contributed by atoms with Crippen LogP contribution in [0.3, 0.4) is 0 Å². The number of anilines is 1. The summed E-state index contributed by atoms with van der Waals surface area (Å²) < 4.78 is 18.5. The Balaban J connectivity index is 1.98. The van der Waals surface area contributed by atoms with Crippen molar-refractivity contribution in [1.82, 2.24) is 4.90 Å². The zero-order valence-electron chi connectivity index (χ0n) is 12.7. The summed E-state index contributed by atoms with van der Waals surface area (Å²) in [6.45, 7) is 5.37. The lowest BCUT2D eigenvalue weighted by Gasteiger charge is -2.32. The van der Waals surface area contributed by atoms with E-state index < -0.39 is 5.97 Å². The van der Waals surface area contributed by atoms with Crippen molar-refractivity contribution >= 4 is 11.7 Å². The van der Waals surface area contributed by atoms with E-state index in [2.05, 4.69) is 21.9 Å². The molecule has 1 aromatic rings. The molecule has 0 aliphatic carbocycles. The van der Waals surface area contributed by atoms with Crippen molar-refractivity contribution < 1.29 is 13.9 Å². The smallest absolute Gasteiger partial charge is 0.337 e. The van der Waals surface area contributed by atoms with Gasteiger partial charge in [0.15, 0.2) is 0 Å². The molecule has 0 atom stereocenters. The van der Waals surface area contributed by atoms with Crippen LogP contribution in [0.4, 0.5) is 10.1 Å². The number of methoxy groups -OCH3 is 1. The maximum atomic E-state index is 13.9. The van der Waals surface area contributed by atoms with Gasteiger partial charge in [0.25, 0.3) is 0 Å². The summed E-state index contributed by atoms with van der Waals surface area (Å²) in [4.78, 5) is 13.9. The van der Waals surface area contributed by atoms with Gasteiger partial charge in [-0.05, 0) is 44.0 Å². The van der Waals surface area contributed by atoms with Gasteiger partial charge in [-0.15, -0.1) is 0 Å². The lowest BCUT2D eigenvalue weighted by molar-refractivity contribution is 0.0600. The molecule has 0 bridgehead atoms. The fraction of sp³-hybridized carbons (Fsp3) is 0.562. The van der Waals surface area contributed by atoms with Gasteiger partial charge in [-0.2, -0.15) is 0 Å². The number of carbonyl (C=O) groups is 1. The number of hydrogen-bond donors (Lipinski definition) is 1. The van der Waals surface area contributed by atoms with Crippen molar-refractivity contribution in [2.75, 3.05) is 32.1 Å². The molecule has 0 amide bonds. The minimum Gasteiger partial charge on any atom is -0.465 e. The first-order valence-electron chi connectivity index (χ1n) is 7.50. The molecule has 0 saturated carbocycles. The van der Waals surface area contributed by atoms with E-state index >= 15 is 0 Å². The van der Waals surface area contributed by atoms with Gasteiger partial charge >= 0.3 is 5.97 Å². The zero-order chi connectivity index (χ0) is 15.2. The van der Waals surface area contributed by atoms with Crippen LogP contribution in [0.1, 0.15) is 36.5 Å². The molecule has 1 N–H and O–H groups in total. The van der Waals surface area contributed by atoms with Crippen molar-refractivity contribution in [2.45, 2.75) is 32.2 Å². The normalized spacial score (nSPS) is 16.7. The van der Waals surface area contributed by atoms with Crippen molar-refractivity contribution in [3.8, 4) is 0 Å². The summed E-state index contributed by atoms with van der Waals surface area (Å²) in [5.41, 5.74) is 0.747. The molecule has 0 aromatic heterocycles. The van der Waals surface area contributed by atoms with Crippen LogP contribution in [0.25, 0.3) is 0 Å². The Labute approximate surface area is 125 Å². The maximum absolute atomic E-state index is 13.9. The summed E-state index contributed by atoms with van der Waals surface area (Å²) in [5, 5.41) is 3.22. The van der Waals surface area contributed by atoms with Gasteiger partial charge in [0.05, 0.1) is 18.4 Å². The molecular formula is C16H23FN2O2. The van der Waals surface area contributed by atoms with Crippen LogP contribution < -0.4 is 5.32 Å². The van der Waals surface area contributed by atoms with Crippen LogP contribution in [0.15, 0.2) is 18.2 Å². The van der Waals surface area contributed by atoms with Gasteiger partial charge in [0.2, 0.25) is 0 Å². The first kappa shape index (κ1) is 15.8. The molecule has 2 rings (SSSR count). The van der Waals surface area contributed by atoms with Crippen LogP contribution in [0, 0.1) is 5.82 Å². The zero-order valence-corrected chi connectivity index (χ0v) is 12.7. The van der Waals surface area contributed by atoms with E-state index in [0.717, 1.165) is 38.9 Å². The molecule has 1 heterocycles. The number of esters is 1. The maximum Gasteiger partial charge on any atom is 0.337 e. The number of likely N-dealkylation sites (tertiary alicyclic amines) is 1. The fourth-order valence-corrected chi connectivity index (χ4v) is 2.72. The second kappa shape index (κ2) is 7.41. The molecule has 1 aromatic carbocycles. The third-order valence-corrected chi connectivity index (χ3v) is 3.87. The summed E-state index contributed by atoms with van der Waals surface area (Å²) in [5.74, 6) is -0.783. The average Bonchev–Trinajstić information content (AvgIpc) is 2.51. The lowest BCUT2D eigenvalue weighted by Crippen LogP contribution is -2.39. The molecule has 1 aliphatic heterocycles. The number of nitrogens with one attached hydrogen (secondary N) is 1. The summed E-state index contributed by atoms with van der Waals surface area (Å²) in [6, 6.07) is 4.52. The van der Waals surface area contributed by atoms with Crippen molar-refractivity contribution in [1.29, 1.82) is 0 Å². The highest BCUT2D eigenvalue weighted by atomic mass is 19.1. The molecule has 0 unspecified atom stereocenters. The number of ether oxygens (including phenoxy) is 1. The highest BCUT2D eigenvalue weighted by molar-refractivity contribution is 5.90. The number of rotatable bonds is 5. The van der Waals surface area contributed by atoms with Crippen molar-refractivity contribution in [3.05, 3.63) is 29.6 Å². The molecule has 0 spiro atoms. The highest BCUT2D eigenvalue weighted by Gasteiger charge is 2.20. The molecule has 21 heavy (non-hydrogen) atoms. The number of carbonyl (C=O) groups excluding carboxylic acids is 1. The number of hydrogen-bond acceptors (Lipinski definition) is 4. The molecule has 1 aliphatic rings. The van der Waals surface area contributed by atoms with Crippen LogP contribution in [-0.4, -0.2) is 43.7 Å². The minimum absolute atomic E-state index is 0.250. The Bertz CT molecular complexity index is 485. The van der Waals surface area contributed by atoms with Gasteiger partial charge in [0.1, 0.15) is 5.82 Å². The first-order chi connectivity index (χ1) is 10.1. The van der Waals surface area contributed by atoms with E-state index in [1.54, 1.807) is 0 Å². The highest BCUT2D eigenvalue weighted by Crippen LogP contribution is 2.21. The molecule has 116 valence electrons. The lowest BCUT2D eigenvalue weighted by atomic mass is 10.0. The minimum atomic E-state index is -0.448. The van der Waals surface area contributed by atoms with Crippen molar-refractivity contribution in [3.63, 3.8) is 0 Å². The second-order valence-electron chi connectivity index (χ2n) is 5.45. The second-order valence-corrected chi connectivity index (χ2v) is 5.45. The van der Waals surface area contributed by atoms with Gasteiger partial charge in [-0.25, -0.2) is 9.18 Å². The molecule has 1 fully saturated rings. The molecule has 1 saturated heterocycles. The van der Waals surface area contributed by atoms with Crippen LogP contribution in [-0.2, 0) is 4.74 Å². The van der Waals surface area contributed by atoms with Crippen LogP contribution in [0.5, 0.6) is 0 Å². The Morgan fingerprint density at radius 1 is 1.43 bits per heavy atom. The number of piperidine rings is 1. The van der Waals surface area contributed by atoms with E-state index in [1.807, 2.05) is 0 Å². The first-order valence-corrected chi connectivity index (χ1v) is 7.50. The van der Waals surface area contributed by atoms with Crippen LogP contribution in [0.2, 0.25) is 0 Å². The Hall–Kier alpha value is -1.62. The van der Waals surface area contributed by atoms with Gasteiger partial charge < -0.3 is 15.0 Å². The van der Waals surface area contributed by atoms with Gasteiger partial charge in [-0.3, -0.25) is 0 Å². The monoisotopic (exact) mass is 294 g/mol. The quantitative estimate of drug-likeness (QED) is 0.848. The summed E-state index contributed by atoms with van der Waals surface area (Å²) in [6.07, 6.45) is 3.14. The largest absolute Gasteiger partial charge is 0.465 e. The molecule has 5 heteroatoms. The summed E-state index contributed by atoms with van der Waals surface area (Å²) >= 11 is 0. The van der Waals surface area contributed by atoms with E-state index in [-0.39, 0.29) is 11.9 Å². The molecular weight excluding hydrogens is 271 g/mol. The fourth-order valence-electron chi connectivity index (χ4n) is 2.72. The SMILES string of the molecule is CCCN1CCC(Nc2cc(C(=O)OC)ccc2F)CC1. The molecule has 0 radical (unpaired) electrons.